The van der Waals surface area contributed by atoms with Crippen LogP contribution in [-0.4, -0.2) is 28.8 Å². The van der Waals surface area contributed by atoms with Gasteiger partial charge in [0.25, 0.3) is 11.5 Å². The SMILES string of the molecule is CCOc1cnn(-c2cccc(Cl)c2)c(=O)c1Nc1ccc(C(=O)NCC(C)C)cc1. The van der Waals surface area contributed by atoms with Crippen LogP contribution >= 0.6 is 11.6 Å². The molecule has 0 fully saturated rings. The third-order valence-corrected chi connectivity index (χ3v) is 4.62. The lowest BCUT2D eigenvalue weighted by molar-refractivity contribution is 0.0949. The Hall–Kier alpha value is -3.32. The molecule has 7 nitrogen and oxygen atoms in total. The molecule has 0 aliphatic heterocycles. The number of nitrogens with one attached hydrogen (secondary N) is 2. The lowest BCUT2D eigenvalue weighted by Crippen LogP contribution is -2.27. The number of ether oxygens (including phenoxy) is 1. The normalized spacial score (nSPS) is 10.7. The lowest BCUT2D eigenvalue weighted by atomic mass is 10.1. The Morgan fingerprint density at radius 3 is 2.58 bits per heavy atom. The number of hydrogen-bond donors (Lipinski definition) is 2. The highest BCUT2D eigenvalue weighted by Crippen LogP contribution is 2.24. The fourth-order valence-electron chi connectivity index (χ4n) is 2.86. The van der Waals surface area contributed by atoms with Gasteiger partial charge in [-0.1, -0.05) is 31.5 Å². The van der Waals surface area contributed by atoms with E-state index in [0.717, 1.165) is 0 Å². The van der Waals surface area contributed by atoms with Crippen molar-refractivity contribution in [3.63, 3.8) is 0 Å². The van der Waals surface area contributed by atoms with Crippen LogP contribution in [0.4, 0.5) is 11.4 Å². The van der Waals surface area contributed by atoms with Gasteiger partial charge in [-0.2, -0.15) is 9.78 Å². The average molecular weight is 441 g/mol. The van der Waals surface area contributed by atoms with E-state index in [1.165, 1.54) is 10.9 Å². The van der Waals surface area contributed by atoms with E-state index in [2.05, 4.69) is 15.7 Å². The van der Waals surface area contributed by atoms with E-state index in [9.17, 15) is 9.59 Å². The molecule has 0 saturated heterocycles. The largest absolute Gasteiger partial charge is 0.490 e. The van der Waals surface area contributed by atoms with E-state index < -0.39 is 0 Å². The minimum absolute atomic E-state index is 0.137. The summed E-state index contributed by atoms with van der Waals surface area (Å²) >= 11 is 6.06. The highest BCUT2D eigenvalue weighted by molar-refractivity contribution is 6.30. The third-order valence-electron chi connectivity index (χ3n) is 4.38. The van der Waals surface area contributed by atoms with Gasteiger partial charge in [0.05, 0.1) is 18.5 Å². The summed E-state index contributed by atoms with van der Waals surface area (Å²) in [5, 5.41) is 10.7. The maximum Gasteiger partial charge on any atom is 0.299 e. The smallest absolute Gasteiger partial charge is 0.299 e. The Morgan fingerprint density at radius 1 is 1.19 bits per heavy atom. The number of benzene rings is 2. The van der Waals surface area contributed by atoms with Crippen LogP contribution in [-0.2, 0) is 0 Å². The molecule has 3 aromatic rings. The Labute approximate surface area is 186 Å². The molecule has 0 spiro atoms. The summed E-state index contributed by atoms with van der Waals surface area (Å²) in [7, 11) is 0. The van der Waals surface area contributed by atoms with Gasteiger partial charge in [0.2, 0.25) is 0 Å². The highest BCUT2D eigenvalue weighted by Gasteiger charge is 2.15. The molecule has 0 radical (unpaired) electrons. The Kier molecular flexibility index (Phi) is 7.31. The van der Waals surface area contributed by atoms with Gasteiger partial charge in [-0.15, -0.1) is 0 Å². The molecule has 0 aliphatic rings. The number of anilines is 2. The number of carbonyl (C=O) groups excluding carboxylic acids is 1. The highest BCUT2D eigenvalue weighted by atomic mass is 35.5. The van der Waals surface area contributed by atoms with Crippen molar-refractivity contribution < 1.29 is 9.53 Å². The molecular weight excluding hydrogens is 416 g/mol. The molecule has 31 heavy (non-hydrogen) atoms. The van der Waals surface area contributed by atoms with Crippen LogP contribution in [0.25, 0.3) is 5.69 Å². The number of carbonyl (C=O) groups is 1. The van der Waals surface area contributed by atoms with Gasteiger partial charge in [0, 0.05) is 22.8 Å². The number of aromatic nitrogens is 2. The van der Waals surface area contributed by atoms with Crippen molar-refractivity contribution in [1.82, 2.24) is 15.1 Å². The van der Waals surface area contributed by atoms with E-state index in [1.54, 1.807) is 48.5 Å². The van der Waals surface area contributed by atoms with Crippen molar-refractivity contribution in [3.05, 3.63) is 75.7 Å². The average Bonchev–Trinajstić information content (AvgIpc) is 2.75. The van der Waals surface area contributed by atoms with Crippen LogP contribution in [0.2, 0.25) is 5.02 Å². The predicted molar refractivity (Wildman–Crippen MR) is 123 cm³/mol. The molecule has 1 heterocycles. The van der Waals surface area contributed by atoms with Crippen LogP contribution in [0.15, 0.2) is 59.5 Å². The molecule has 162 valence electrons. The first-order valence-electron chi connectivity index (χ1n) is 10.1. The van der Waals surface area contributed by atoms with E-state index in [1.807, 2.05) is 20.8 Å². The number of hydrogen-bond acceptors (Lipinski definition) is 5. The lowest BCUT2D eigenvalue weighted by Gasteiger charge is -2.14. The first-order valence-corrected chi connectivity index (χ1v) is 10.4. The van der Waals surface area contributed by atoms with Crippen molar-refractivity contribution >= 4 is 28.9 Å². The van der Waals surface area contributed by atoms with Crippen molar-refractivity contribution in [2.75, 3.05) is 18.5 Å². The van der Waals surface area contributed by atoms with Crippen molar-refractivity contribution in [3.8, 4) is 11.4 Å². The second-order valence-corrected chi connectivity index (χ2v) is 7.76. The first-order chi connectivity index (χ1) is 14.9. The minimum Gasteiger partial charge on any atom is -0.490 e. The van der Waals surface area contributed by atoms with Crippen LogP contribution in [0.3, 0.4) is 0 Å². The van der Waals surface area contributed by atoms with E-state index in [-0.39, 0.29) is 17.2 Å². The van der Waals surface area contributed by atoms with Gasteiger partial charge in [0.1, 0.15) is 0 Å². The maximum atomic E-state index is 13.2. The van der Waals surface area contributed by atoms with Gasteiger partial charge in [-0.25, -0.2) is 0 Å². The molecule has 3 rings (SSSR count). The van der Waals surface area contributed by atoms with E-state index in [4.69, 9.17) is 16.3 Å². The van der Waals surface area contributed by atoms with E-state index in [0.29, 0.717) is 46.8 Å². The van der Waals surface area contributed by atoms with Crippen LogP contribution in [0.5, 0.6) is 5.75 Å². The zero-order valence-corrected chi connectivity index (χ0v) is 18.4. The number of rotatable bonds is 8. The topological polar surface area (TPSA) is 85.2 Å². The summed E-state index contributed by atoms with van der Waals surface area (Å²) in [4.78, 5) is 25.4. The summed E-state index contributed by atoms with van der Waals surface area (Å²) in [6.07, 6.45) is 1.49. The zero-order chi connectivity index (χ0) is 22.4. The molecule has 8 heteroatoms. The van der Waals surface area contributed by atoms with Crippen LogP contribution in [0.1, 0.15) is 31.1 Å². The number of amides is 1. The second kappa shape index (κ2) is 10.1. The Balaban J connectivity index is 1.90. The van der Waals surface area contributed by atoms with E-state index >= 15 is 0 Å². The zero-order valence-electron chi connectivity index (χ0n) is 17.7. The van der Waals surface area contributed by atoms with Gasteiger partial charge in [-0.3, -0.25) is 9.59 Å². The molecule has 0 saturated carbocycles. The predicted octanol–water partition coefficient (Wildman–Crippen LogP) is 4.41. The molecule has 0 bridgehead atoms. The number of halogens is 1. The fraction of sp³-hybridized carbons (Fsp3) is 0.261. The van der Waals surface area contributed by atoms with Gasteiger partial charge >= 0.3 is 0 Å². The molecule has 1 amide bonds. The summed E-state index contributed by atoms with van der Waals surface area (Å²) < 4.78 is 6.85. The first kappa shape index (κ1) is 22.4. The molecule has 0 atom stereocenters. The molecule has 2 aromatic carbocycles. The number of nitrogens with zero attached hydrogens (tertiary/aromatic N) is 2. The molecule has 0 aliphatic carbocycles. The summed E-state index contributed by atoms with van der Waals surface area (Å²) in [5.74, 6) is 0.572. The quantitative estimate of drug-likeness (QED) is 0.541. The van der Waals surface area contributed by atoms with Crippen molar-refractivity contribution in [1.29, 1.82) is 0 Å². The third kappa shape index (κ3) is 5.64. The minimum atomic E-state index is -0.382. The molecule has 2 N–H and O–H groups in total. The summed E-state index contributed by atoms with van der Waals surface area (Å²) in [6, 6.07) is 13.8. The van der Waals surface area contributed by atoms with Crippen molar-refractivity contribution in [2.45, 2.75) is 20.8 Å². The van der Waals surface area contributed by atoms with Crippen LogP contribution < -0.4 is 20.9 Å². The summed E-state index contributed by atoms with van der Waals surface area (Å²) in [6.45, 7) is 6.89. The second-order valence-electron chi connectivity index (χ2n) is 7.32. The standard InChI is InChI=1S/C23H25ClN4O3/c1-4-31-20-14-26-28(19-7-5-6-17(24)12-19)23(30)21(20)27-18-10-8-16(9-11-18)22(29)25-13-15(2)3/h5-12,14-15,27H,4,13H2,1-3H3,(H,25,29). The fourth-order valence-corrected chi connectivity index (χ4v) is 3.04. The van der Waals surface area contributed by atoms with Gasteiger partial charge < -0.3 is 15.4 Å². The van der Waals surface area contributed by atoms with Crippen LogP contribution in [0, 0.1) is 5.92 Å². The molecule has 1 aromatic heterocycles. The van der Waals surface area contributed by atoms with Gasteiger partial charge in [-0.05, 0) is 55.3 Å². The van der Waals surface area contributed by atoms with Gasteiger partial charge in [0.15, 0.2) is 11.4 Å². The van der Waals surface area contributed by atoms with Crippen molar-refractivity contribution in [2.24, 2.45) is 5.92 Å². The molecular formula is C23H25ClN4O3. The monoisotopic (exact) mass is 440 g/mol. The summed E-state index contributed by atoms with van der Waals surface area (Å²) in [5.41, 5.74) is 1.59. The maximum absolute atomic E-state index is 13.2. The molecule has 0 unspecified atom stereocenters. The Bertz CT molecular complexity index is 1110. The Morgan fingerprint density at radius 2 is 1.94 bits per heavy atom.